The predicted molar refractivity (Wildman–Crippen MR) is 54.3 cm³/mol. The number of hydrogen-bond donors (Lipinski definition) is 0. The van der Waals surface area contributed by atoms with Crippen LogP contribution in [-0.2, 0) is 0 Å². The molecule has 70 valence electrons. The summed E-state index contributed by atoms with van der Waals surface area (Å²) >= 11 is 0. The third kappa shape index (κ3) is 2.98. The quantitative estimate of drug-likeness (QED) is 0.584. The average molecular weight is 167 g/mol. The molecule has 1 aliphatic rings. The van der Waals surface area contributed by atoms with E-state index in [1.165, 1.54) is 32.4 Å². The Kier molecular flexibility index (Phi) is 3.80. The molecule has 0 bridgehead atoms. The summed E-state index contributed by atoms with van der Waals surface area (Å²) in [5, 5.41) is 0. The molecule has 1 aliphatic carbocycles. The van der Waals surface area contributed by atoms with E-state index in [9.17, 15) is 0 Å². The summed E-state index contributed by atoms with van der Waals surface area (Å²) in [6, 6.07) is 0. The lowest BCUT2D eigenvalue weighted by molar-refractivity contribution is 0.274. The third-order valence-corrected chi connectivity index (χ3v) is 2.86. The lowest BCUT2D eigenvalue weighted by atomic mass is 9.90. The Labute approximate surface area is 76.5 Å². The van der Waals surface area contributed by atoms with E-state index in [1.54, 1.807) is 5.57 Å². The minimum atomic E-state index is 0.915. The second kappa shape index (κ2) is 4.66. The van der Waals surface area contributed by atoms with Crippen LogP contribution < -0.4 is 0 Å². The highest BCUT2D eigenvalue weighted by molar-refractivity contribution is 5.03. The number of rotatable bonds is 3. The molecule has 0 aromatic heterocycles. The predicted octanol–water partition coefficient (Wildman–Crippen LogP) is 2.68. The van der Waals surface area contributed by atoms with Gasteiger partial charge in [0.2, 0.25) is 0 Å². The minimum absolute atomic E-state index is 0.915. The van der Waals surface area contributed by atoms with Gasteiger partial charge in [0.25, 0.3) is 0 Å². The smallest absolute Gasteiger partial charge is 0.000957 e. The fourth-order valence-corrected chi connectivity index (χ4v) is 1.76. The standard InChI is InChI=1S/C11H21N/c1-4-12(3)9-11-7-5-10(2)6-8-11/h5,11H,4,6-9H2,1-3H3. The van der Waals surface area contributed by atoms with Gasteiger partial charge in [0, 0.05) is 6.54 Å². The van der Waals surface area contributed by atoms with Gasteiger partial charge in [-0.05, 0) is 45.7 Å². The van der Waals surface area contributed by atoms with E-state index in [0.717, 1.165) is 5.92 Å². The zero-order valence-corrected chi connectivity index (χ0v) is 8.64. The third-order valence-electron chi connectivity index (χ3n) is 2.86. The van der Waals surface area contributed by atoms with Crippen LogP contribution in [0, 0.1) is 5.92 Å². The monoisotopic (exact) mass is 167 g/mol. The van der Waals surface area contributed by atoms with Crippen molar-refractivity contribution >= 4 is 0 Å². The summed E-state index contributed by atoms with van der Waals surface area (Å²) < 4.78 is 0. The van der Waals surface area contributed by atoms with E-state index in [0.29, 0.717) is 0 Å². The Bertz CT molecular complexity index is 160. The van der Waals surface area contributed by atoms with Gasteiger partial charge in [0.05, 0.1) is 0 Å². The van der Waals surface area contributed by atoms with Crippen molar-refractivity contribution in [2.24, 2.45) is 5.92 Å². The van der Waals surface area contributed by atoms with E-state index >= 15 is 0 Å². The molecule has 1 rings (SSSR count). The summed E-state index contributed by atoms with van der Waals surface area (Å²) in [6.07, 6.45) is 6.43. The Balaban J connectivity index is 2.27. The second-order valence-electron chi connectivity index (χ2n) is 4.05. The van der Waals surface area contributed by atoms with Crippen molar-refractivity contribution in [3.05, 3.63) is 11.6 Å². The van der Waals surface area contributed by atoms with Crippen molar-refractivity contribution in [3.63, 3.8) is 0 Å². The van der Waals surface area contributed by atoms with Crippen LogP contribution in [0.15, 0.2) is 11.6 Å². The topological polar surface area (TPSA) is 3.24 Å². The van der Waals surface area contributed by atoms with Crippen molar-refractivity contribution in [2.45, 2.75) is 33.1 Å². The van der Waals surface area contributed by atoms with Crippen LogP contribution in [0.4, 0.5) is 0 Å². The van der Waals surface area contributed by atoms with Crippen molar-refractivity contribution in [3.8, 4) is 0 Å². The molecule has 0 spiro atoms. The normalized spacial score (nSPS) is 24.3. The first-order valence-electron chi connectivity index (χ1n) is 5.06. The van der Waals surface area contributed by atoms with Crippen molar-refractivity contribution in [2.75, 3.05) is 20.1 Å². The molecule has 1 unspecified atom stereocenters. The molecule has 0 aliphatic heterocycles. The highest BCUT2D eigenvalue weighted by Crippen LogP contribution is 2.23. The van der Waals surface area contributed by atoms with Crippen molar-refractivity contribution in [1.82, 2.24) is 4.90 Å². The van der Waals surface area contributed by atoms with Crippen LogP contribution in [0.1, 0.15) is 33.1 Å². The Hall–Kier alpha value is -0.300. The first-order valence-corrected chi connectivity index (χ1v) is 5.06. The van der Waals surface area contributed by atoms with Gasteiger partial charge in [-0.2, -0.15) is 0 Å². The summed E-state index contributed by atoms with van der Waals surface area (Å²) in [5.41, 5.74) is 1.59. The zero-order valence-electron chi connectivity index (χ0n) is 8.64. The molecular weight excluding hydrogens is 146 g/mol. The van der Waals surface area contributed by atoms with E-state index in [-0.39, 0.29) is 0 Å². The summed E-state index contributed by atoms with van der Waals surface area (Å²) in [5.74, 6) is 0.915. The first-order chi connectivity index (χ1) is 5.72. The molecule has 0 fully saturated rings. The Morgan fingerprint density at radius 1 is 1.58 bits per heavy atom. The van der Waals surface area contributed by atoms with Crippen molar-refractivity contribution in [1.29, 1.82) is 0 Å². The first kappa shape index (κ1) is 9.79. The maximum absolute atomic E-state index is 2.42. The largest absolute Gasteiger partial charge is 0.306 e. The Morgan fingerprint density at radius 3 is 2.83 bits per heavy atom. The number of hydrogen-bond acceptors (Lipinski definition) is 1. The van der Waals surface area contributed by atoms with Gasteiger partial charge in [-0.15, -0.1) is 0 Å². The summed E-state index contributed by atoms with van der Waals surface area (Å²) in [4.78, 5) is 2.42. The molecule has 12 heavy (non-hydrogen) atoms. The van der Waals surface area contributed by atoms with Crippen LogP contribution in [0.5, 0.6) is 0 Å². The lowest BCUT2D eigenvalue weighted by Crippen LogP contribution is -2.26. The Morgan fingerprint density at radius 2 is 2.33 bits per heavy atom. The minimum Gasteiger partial charge on any atom is -0.306 e. The molecule has 0 saturated carbocycles. The maximum atomic E-state index is 2.42. The van der Waals surface area contributed by atoms with Crippen LogP contribution in [0.3, 0.4) is 0 Å². The molecule has 0 aromatic carbocycles. The molecule has 0 radical (unpaired) electrons. The zero-order chi connectivity index (χ0) is 8.97. The maximum Gasteiger partial charge on any atom is 0.000957 e. The lowest BCUT2D eigenvalue weighted by Gasteiger charge is -2.25. The van der Waals surface area contributed by atoms with Crippen LogP contribution in [0.2, 0.25) is 0 Å². The van der Waals surface area contributed by atoms with Gasteiger partial charge in [-0.3, -0.25) is 0 Å². The van der Waals surface area contributed by atoms with Gasteiger partial charge >= 0.3 is 0 Å². The molecule has 1 heteroatoms. The highest BCUT2D eigenvalue weighted by atomic mass is 15.1. The molecule has 0 aromatic rings. The van der Waals surface area contributed by atoms with E-state index in [1.807, 2.05) is 0 Å². The number of nitrogens with zero attached hydrogens (tertiary/aromatic N) is 1. The summed E-state index contributed by atoms with van der Waals surface area (Å²) in [6.45, 7) is 6.93. The van der Waals surface area contributed by atoms with Gasteiger partial charge in [0.1, 0.15) is 0 Å². The number of allylic oxidation sites excluding steroid dienone is 2. The van der Waals surface area contributed by atoms with Gasteiger partial charge in [-0.25, -0.2) is 0 Å². The molecule has 0 N–H and O–H groups in total. The molecule has 0 amide bonds. The SMILES string of the molecule is CCN(C)CC1CC=C(C)CC1. The average Bonchev–Trinajstić information content (AvgIpc) is 2.09. The molecule has 1 nitrogen and oxygen atoms in total. The molecule has 0 saturated heterocycles. The highest BCUT2D eigenvalue weighted by Gasteiger charge is 2.13. The molecular formula is C11H21N. The van der Waals surface area contributed by atoms with Gasteiger partial charge < -0.3 is 4.90 Å². The molecule has 0 heterocycles. The fraction of sp³-hybridized carbons (Fsp3) is 0.818. The second-order valence-corrected chi connectivity index (χ2v) is 4.05. The van der Waals surface area contributed by atoms with E-state index in [4.69, 9.17) is 0 Å². The van der Waals surface area contributed by atoms with Gasteiger partial charge in [-0.1, -0.05) is 18.6 Å². The van der Waals surface area contributed by atoms with Crippen LogP contribution in [0.25, 0.3) is 0 Å². The van der Waals surface area contributed by atoms with E-state index < -0.39 is 0 Å². The summed E-state index contributed by atoms with van der Waals surface area (Å²) in [7, 11) is 2.21. The van der Waals surface area contributed by atoms with Crippen LogP contribution >= 0.6 is 0 Å². The van der Waals surface area contributed by atoms with E-state index in [2.05, 4.69) is 31.9 Å². The fourth-order valence-electron chi connectivity index (χ4n) is 1.76. The van der Waals surface area contributed by atoms with Crippen molar-refractivity contribution < 1.29 is 0 Å². The van der Waals surface area contributed by atoms with Gasteiger partial charge in [0.15, 0.2) is 0 Å². The molecule has 1 atom stereocenters. The van der Waals surface area contributed by atoms with Crippen LogP contribution in [-0.4, -0.2) is 25.0 Å².